The summed E-state index contributed by atoms with van der Waals surface area (Å²) in [4.78, 5) is 15.8. The topological polar surface area (TPSA) is 85.8 Å². The molecule has 1 aromatic carbocycles. The zero-order chi connectivity index (χ0) is 13.8. The molecule has 1 heterocycles. The van der Waals surface area contributed by atoms with Crippen molar-refractivity contribution in [2.75, 3.05) is 5.32 Å². The third-order valence-corrected chi connectivity index (χ3v) is 3.08. The van der Waals surface area contributed by atoms with Crippen LogP contribution in [0, 0.1) is 0 Å². The number of hydrogen-bond donors (Lipinski definition) is 2. The Balaban J connectivity index is 2.01. The Morgan fingerprint density at radius 2 is 2.21 bits per heavy atom. The van der Waals surface area contributed by atoms with Crippen LogP contribution < -0.4 is 11.1 Å². The fraction of sp³-hybridized carbons (Fsp3) is 0.0909. The molecule has 0 unspecified atom stereocenters. The highest BCUT2D eigenvalue weighted by Crippen LogP contribution is 2.20. The molecule has 0 bridgehead atoms. The van der Waals surface area contributed by atoms with E-state index in [1.165, 1.54) is 11.0 Å². The second kappa shape index (κ2) is 5.89. The summed E-state index contributed by atoms with van der Waals surface area (Å²) < 4.78 is 2.19. The lowest BCUT2D eigenvalue weighted by molar-refractivity contribution is -0.116. The molecule has 1 amide bonds. The van der Waals surface area contributed by atoms with Crippen LogP contribution >= 0.6 is 28.1 Å². The molecule has 0 saturated heterocycles. The summed E-state index contributed by atoms with van der Waals surface area (Å²) >= 11 is 8.09. The minimum atomic E-state index is -0.216. The van der Waals surface area contributed by atoms with E-state index in [1.54, 1.807) is 6.07 Å². The number of rotatable bonds is 4. The van der Waals surface area contributed by atoms with Crippen molar-refractivity contribution in [3.63, 3.8) is 0 Å². The number of carbonyl (C=O) groups excluding carboxylic acids is 1. The van der Waals surface area contributed by atoms with E-state index in [1.807, 2.05) is 18.2 Å². The average Bonchev–Trinajstić information content (AvgIpc) is 2.80. The molecule has 6 nitrogen and oxygen atoms in total. The van der Waals surface area contributed by atoms with Crippen LogP contribution in [-0.4, -0.2) is 25.7 Å². The van der Waals surface area contributed by atoms with E-state index < -0.39 is 0 Å². The van der Waals surface area contributed by atoms with Crippen LogP contribution in [0.1, 0.15) is 5.82 Å². The van der Waals surface area contributed by atoms with Gasteiger partial charge in [-0.25, -0.2) is 9.67 Å². The van der Waals surface area contributed by atoms with Crippen molar-refractivity contribution in [2.45, 2.75) is 6.54 Å². The summed E-state index contributed by atoms with van der Waals surface area (Å²) in [5.74, 6) is 0.0370. The van der Waals surface area contributed by atoms with E-state index >= 15 is 0 Å². The maximum atomic E-state index is 11.8. The van der Waals surface area contributed by atoms with Crippen molar-refractivity contribution in [1.29, 1.82) is 0 Å². The van der Waals surface area contributed by atoms with Crippen molar-refractivity contribution in [1.82, 2.24) is 14.8 Å². The number of nitrogens with two attached hydrogens (primary N) is 1. The molecule has 0 aliphatic carbocycles. The van der Waals surface area contributed by atoms with E-state index in [4.69, 9.17) is 18.0 Å². The van der Waals surface area contributed by atoms with Crippen molar-refractivity contribution in [3.05, 3.63) is 40.9 Å². The summed E-state index contributed by atoms with van der Waals surface area (Å²) in [6.45, 7) is 0.0386. The van der Waals surface area contributed by atoms with Gasteiger partial charge in [0.25, 0.3) is 0 Å². The van der Waals surface area contributed by atoms with Gasteiger partial charge in [0, 0.05) is 4.47 Å². The number of nitrogens with zero attached hydrogens (tertiary/aromatic N) is 3. The van der Waals surface area contributed by atoms with Crippen molar-refractivity contribution < 1.29 is 4.79 Å². The molecule has 98 valence electrons. The first-order valence-corrected chi connectivity index (χ1v) is 6.50. The number of benzene rings is 1. The van der Waals surface area contributed by atoms with Gasteiger partial charge in [-0.1, -0.05) is 24.4 Å². The molecule has 1 aromatic heterocycles. The van der Waals surface area contributed by atoms with E-state index in [9.17, 15) is 4.79 Å². The van der Waals surface area contributed by atoms with Crippen LogP contribution in [0.2, 0.25) is 0 Å². The van der Waals surface area contributed by atoms with Gasteiger partial charge in [-0.05, 0) is 28.1 Å². The SMILES string of the molecule is NC(=S)c1ncn(CC(=O)Nc2ccccc2Br)n1. The molecular weight excluding hydrogens is 330 g/mol. The van der Waals surface area contributed by atoms with E-state index in [0.29, 0.717) is 5.69 Å². The Labute approximate surface area is 123 Å². The highest BCUT2D eigenvalue weighted by Gasteiger charge is 2.08. The fourth-order valence-electron chi connectivity index (χ4n) is 1.38. The minimum Gasteiger partial charge on any atom is -0.387 e. The number of nitrogens with one attached hydrogen (secondary N) is 1. The maximum absolute atomic E-state index is 11.8. The monoisotopic (exact) mass is 339 g/mol. The Kier molecular flexibility index (Phi) is 4.23. The number of aromatic nitrogens is 3. The molecule has 0 saturated carbocycles. The fourth-order valence-corrected chi connectivity index (χ4v) is 1.86. The van der Waals surface area contributed by atoms with Gasteiger partial charge in [0.05, 0.1) is 5.69 Å². The zero-order valence-electron chi connectivity index (χ0n) is 9.71. The van der Waals surface area contributed by atoms with Crippen molar-refractivity contribution in [3.8, 4) is 0 Å². The molecule has 0 aliphatic heterocycles. The van der Waals surface area contributed by atoms with Gasteiger partial charge < -0.3 is 11.1 Å². The summed E-state index contributed by atoms with van der Waals surface area (Å²) in [6, 6.07) is 7.34. The summed E-state index contributed by atoms with van der Waals surface area (Å²) in [7, 11) is 0. The first-order valence-electron chi connectivity index (χ1n) is 5.30. The molecule has 2 aromatic rings. The Hall–Kier alpha value is -1.80. The summed E-state index contributed by atoms with van der Waals surface area (Å²) in [5.41, 5.74) is 6.08. The van der Waals surface area contributed by atoms with E-state index in [2.05, 4.69) is 31.3 Å². The molecule has 0 fully saturated rings. The van der Waals surface area contributed by atoms with Crippen molar-refractivity contribution in [2.24, 2.45) is 5.73 Å². The number of para-hydroxylation sites is 1. The molecule has 0 spiro atoms. The molecule has 0 atom stereocenters. The van der Waals surface area contributed by atoms with E-state index in [0.717, 1.165) is 4.47 Å². The van der Waals surface area contributed by atoms with Crippen LogP contribution in [0.5, 0.6) is 0 Å². The number of thiocarbonyl (C=S) groups is 1. The number of carbonyl (C=O) groups is 1. The second-order valence-corrected chi connectivity index (χ2v) is 4.95. The molecule has 0 aliphatic rings. The van der Waals surface area contributed by atoms with Crippen molar-refractivity contribution >= 4 is 44.7 Å². The van der Waals surface area contributed by atoms with Gasteiger partial charge in [-0.15, -0.1) is 5.10 Å². The zero-order valence-corrected chi connectivity index (χ0v) is 12.1. The highest BCUT2D eigenvalue weighted by molar-refractivity contribution is 9.10. The largest absolute Gasteiger partial charge is 0.387 e. The van der Waals surface area contributed by atoms with Gasteiger partial charge in [-0.3, -0.25) is 4.79 Å². The van der Waals surface area contributed by atoms with Gasteiger partial charge >= 0.3 is 0 Å². The molecular formula is C11H10BrN5OS. The lowest BCUT2D eigenvalue weighted by Crippen LogP contribution is -2.20. The standard InChI is InChI=1S/C11H10BrN5OS/c12-7-3-1-2-4-8(7)15-9(18)5-17-6-14-11(16-17)10(13)19/h1-4,6H,5H2,(H2,13,19)(H,15,18). The van der Waals surface area contributed by atoms with Crippen LogP contribution in [0.3, 0.4) is 0 Å². The number of hydrogen-bond acceptors (Lipinski definition) is 4. The van der Waals surface area contributed by atoms with E-state index in [-0.39, 0.29) is 23.3 Å². The molecule has 8 heteroatoms. The predicted molar refractivity (Wildman–Crippen MR) is 78.7 cm³/mol. The van der Waals surface area contributed by atoms with Crippen LogP contribution in [0.15, 0.2) is 35.1 Å². The first kappa shape index (κ1) is 13.6. The lowest BCUT2D eigenvalue weighted by Gasteiger charge is -2.06. The van der Waals surface area contributed by atoms with Crippen LogP contribution in [-0.2, 0) is 11.3 Å². The minimum absolute atomic E-state index is 0.0386. The van der Waals surface area contributed by atoms with Gasteiger partial charge in [0.15, 0.2) is 0 Å². The van der Waals surface area contributed by atoms with Gasteiger partial charge in [0.2, 0.25) is 11.7 Å². The Bertz CT molecular complexity index is 627. The van der Waals surface area contributed by atoms with Gasteiger partial charge in [-0.2, -0.15) is 0 Å². The third-order valence-electron chi connectivity index (χ3n) is 2.21. The highest BCUT2D eigenvalue weighted by atomic mass is 79.9. The summed E-state index contributed by atoms with van der Waals surface area (Å²) in [5, 5.41) is 6.74. The molecule has 19 heavy (non-hydrogen) atoms. The normalized spacial score (nSPS) is 10.2. The van der Waals surface area contributed by atoms with Crippen LogP contribution in [0.4, 0.5) is 5.69 Å². The predicted octanol–water partition coefficient (Wildman–Crippen LogP) is 1.31. The lowest BCUT2D eigenvalue weighted by atomic mass is 10.3. The number of anilines is 1. The Morgan fingerprint density at radius 1 is 1.47 bits per heavy atom. The molecule has 3 N–H and O–H groups in total. The quantitative estimate of drug-likeness (QED) is 0.820. The maximum Gasteiger partial charge on any atom is 0.246 e. The molecule has 2 rings (SSSR count). The van der Waals surface area contributed by atoms with Crippen LogP contribution in [0.25, 0.3) is 0 Å². The average molecular weight is 340 g/mol. The second-order valence-electron chi connectivity index (χ2n) is 3.66. The Morgan fingerprint density at radius 3 is 2.84 bits per heavy atom. The first-order chi connectivity index (χ1) is 9.06. The third kappa shape index (κ3) is 3.58. The number of amides is 1. The van der Waals surface area contributed by atoms with Gasteiger partial charge in [0.1, 0.15) is 17.9 Å². The molecule has 0 radical (unpaired) electrons. The number of halogens is 1. The summed E-state index contributed by atoms with van der Waals surface area (Å²) in [6.07, 6.45) is 1.41. The smallest absolute Gasteiger partial charge is 0.246 e.